The summed E-state index contributed by atoms with van der Waals surface area (Å²) < 4.78 is 13.3. The van der Waals surface area contributed by atoms with E-state index in [-0.39, 0.29) is 41.9 Å². The largest absolute Gasteiger partial charge is 0.478 e. The number of pyridine rings is 1. The number of hydrogen-bond donors (Lipinski definition) is 4. The third kappa shape index (κ3) is 7.74. The maximum atomic E-state index is 13.3. The van der Waals surface area contributed by atoms with E-state index in [2.05, 4.69) is 46.8 Å². The molecule has 10 heteroatoms. The zero-order valence-corrected chi connectivity index (χ0v) is 30.8. The smallest absolute Gasteiger partial charge is 0.338 e. The average Bonchev–Trinajstić information content (AvgIpc) is 3.16. The SMILES string of the molecule is C[C@@H]1[C@H](CSc2ncccc2C(=O)O)O[C@H](c2ccc(-c3ccccc3CNC(=O)NC34CC5CC(CC(C5)C3)C4)cc2)O[C@@H]1c1ccc(CO)cc1. The van der Waals surface area contributed by atoms with Crippen molar-refractivity contribution in [1.82, 2.24) is 15.6 Å². The van der Waals surface area contributed by atoms with Gasteiger partial charge in [0.1, 0.15) is 5.03 Å². The molecule has 1 aromatic heterocycles. The van der Waals surface area contributed by atoms with Gasteiger partial charge in [0.25, 0.3) is 0 Å². The third-order valence-corrected chi connectivity index (χ3v) is 13.0. The molecular formula is C43H47N3O6S. The molecule has 1 saturated heterocycles. The molecule has 9 rings (SSSR count). The summed E-state index contributed by atoms with van der Waals surface area (Å²) in [5.74, 6) is 1.72. The number of hydrogen-bond acceptors (Lipinski definition) is 7. The predicted molar refractivity (Wildman–Crippen MR) is 203 cm³/mol. The van der Waals surface area contributed by atoms with E-state index in [4.69, 9.17) is 9.47 Å². The first-order valence-corrected chi connectivity index (χ1v) is 19.8. The van der Waals surface area contributed by atoms with Crippen molar-refractivity contribution in [3.8, 4) is 11.1 Å². The first kappa shape index (κ1) is 35.8. The maximum Gasteiger partial charge on any atom is 0.338 e. The van der Waals surface area contributed by atoms with E-state index in [9.17, 15) is 19.8 Å². The van der Waals surface area contributed by atoms with Crippen LogP contribution in [0.15, 0.2) is 96.2 Å². The summed E-state index contributed by atoms with van der Waals surface area (Å²) in [4.78, 5) is 29.5. The number of ether oxygens (including phenoxy) is 2. The number of urea groups is 1. The lowest BCUT2D eigenvalue weighted by atomic mass is 9.53. The second-order valence-corrected chi connectivity index (χ2v) is 16.6. The number of aliphatic hydroxyl groups is 1. The number of carboxylic acid groups (broad SMARTS) is 1. The van der Waals surface area contributed by atoms with Crippen LogP contribution in [0.4, 0.5) is 4.79 Å². The van der Waals surface area contributed by atoms with Crippen molar-refractivity contribution in [2.24, 2.45) is 23.7 Å². The molecule has 4 bridgehead atoms. The van der Waals surface area contributed by atoms with Crippen LogP contribution >= 0.6 is 11.8 Å². The molecule has 4 atom stereocenters. The molecule has 1 aliphatic heterocycles. The van der Waals surface area contributed by atoms with Gasteiger partial charge in [-0.25, -0.2) is 14.6 Å². The Morgan fingerprint density at radius 1 is 0.868 bits per heavy atom. The van der Waals surface area contributed by atoms with Crippen molar-refractivity contribution in [3.63, 3.8) is 0 Å². The molecule has 5 aliphatic rings. The van der Waals surface area contributed by atoms with E-state index in [1.54, 1.807) is 18.3 Å². The Morgan fingerprint density at radius 2 is 1.55 bits per heavy atom. The van der Waals surface area contributed by atoms with Crippen molar-refractivity contribution < 1.29 is 29.3 Å². The number of benzene rings is 3. The quantitative estimate of drug-likeness (QED) is 0.113. The van der Waals surface area contributed by atoms with Gasteiger partial charge in [0.05, 0.1) is 24.4 Å². The highest BCUT2D eigenvalue weighted by atomic mass is 32.2. The highest BCUT2D eigenvalue weighted by molar-refractivity contribution is 7.99. The zero-order chi connectivity index (χ0) is 36.5. The van der Waals surface area contributed by atoms with E-state index >= 15 is 0 Å². The summed E-state index contributed by atoms with van der Waals surface area (Å²) in [5.41, 5.74) is 5.91. The molecule has 4 saturated carbocycles. The first-order chi connectivity index (χ1) is 25.8. The van der Waals surface area contributed by atoms with Crippen molar-refractivity contribution in [1.29, 1.82) is 0 Å². The number of nitrogens with zero attached hydrogens (tertiary/aromatic N) is 1. The summed E-state index contributed by atoms with van der Waals surface area (Å²) in [7, 11) is 0. The first-order valence-electron chi connectivity index (χ1n) is 18.8. The van der Waals surface area contributed by atoms with E-state index in [0.29, 0.717) is 17.3 Å². The lowest BCUT2D eigenvalue weighted by Crippen LogP contribution is -2.61. The fraction of sp³-hybridized carbons (Fsp3) is 0.419. The highest BCUT2D eigenvalue weighted by Crippen LogP contribution is 2.55. The van der Waals surface area contributed by atoms with Crippen LogP contribution < -0.4 is 10.6 Å². The second-order valence-electron chi connectivity index (χ2n) is 15.6. The number of aromatic nitrogens is 1. The Morgan fingerprint density at radius 3 is 2.23 bits per heavy atom. The fourth-order valence-corrected chi connectivity index (χ4v) is 10.8. The van der Waals surface area contributed by atoms with Crippen molar-refractivity contribution in [2.45, 2.75) is 87.7 Å². The Kier molecular flexibility index (Phi) is 10.3. The number of rotatable bonds is 11. The summed E-state index contributed by atoms with van der Waals surface area (Å²) in [6.07, 6.45) is 7.74. The van der Waals surface area contributed by atoms with Gasteiger partial charge >= 0.3 is 12.0 Å². The van der Waals surface area contributed by atoms with Gasteiger partial charge in [-0.05, 0) is 96.2 Å². The molecule has 0 radical (unpaired) electrons. The van der Waals surface area contributed by atoms with Crippen molar-refractivity contribution in [2.75, 3.05) is 5.75 Å². The predicted octanol–water partition coefficient (Wildman–Crippen LogP) is 8.29. The van der Waals surface area contributed by atoms with Crippen LogP contribution in [0.25, 0.3) is 11.1 Å². The van der Waals surface area contributed by atoms with Gasteiger partial charge in [-0.2, -0.15) is 0 Å². The second kappa shape index (κ2) is 15.3. The Hall–Kier alpha value is -4.22. The minimum absolute atomic E-state index is 0.0331. The van der Waals surface area contributed by atoms with Crippen LogP contribution in [-0.2, 0) is 22.6 Å². The van der Waals surface area contributed by atoms with Crippen LogP contribution in [0.2, 0.25) is 0 Å². The lowest BCUT2D eigenvalue weighted by molar-refractivity contribution is -0.268. The summed E-state index contributed by atoms with van der Waals surface area (Å²) in [6, 6.07) is 27.2. The minimum atomic E-state index is -1.01. The molecule has 2 heterocycles. The monoisotopic (exact) mass is 733 g/mol. The Balaban J connectivity index is 0.974. The molecule has 2 amide bonds. The summed E-state index contributed by atoms with van der Waals surface area (Å²) in [6.45, 7) is 2.47. The molecule has 4 aliphatic carbocycles. The zero-order valence-electron chi connectivity index (χ0n) is 29.9. The molecule has 5 fully saturated rings. The Bertz CT molecular complexity index is 1900. The summed E-state index contributed by atoms with van der Waals surface area (Å²) in [5, 5.41) is 26.4. The third-order valence-electron chi connectivity index (χ3n) is 11.9. The van der Waals surface area contributed by atoms with Gasteiger partial charge in [-0.15, -0.1) is 11.8 Å². The number of thioether (sulfide) groups is 1. The maximum absolute atomic E-state index is 13.3. The number of aromatic carboxylic acids is 1. The number of aliphatic hydroxyl groups excluding tert-OH is 1. The van der Waals surface area contributed by atoms with E-state index in [0.717, 1.165) is 70.4 Å². The molecule has 276 valence electrons. The van der Waals surface area contributed by atoms with Gasteiger partial charge in [0, 0.05) is 35.5 Å². The van der Waals surface area contributed by atoms with Gasteiger partial charge in [0.2, 0.25) is 0 Å². The van der Waals surface area contributed by atoms with Gasteiger partial charge in [0.15, 0.2) is 6.29 Å². The number of carbonyl (C=O) groups is 2. The molecule has 0 spiro atoms. The van der Waals surface area contributed by atoms with Crippen LogP contribution in [0.3, 0.4) is 0 Å². The fourth-order valence-electron chi connectivity index (χ4n) is 9.64. The van der Waals surface area contributed by atoms with Crippen LogP contribution in [-0.4, -0.2) is 44.6 Å². The molecule has 4 N–H and O–H groups in total. The lowest BCUT2D eigenvalue weighted by Gasteiger charge is -2.56. The number of carboxylic acids is 1. The molecule has 9 nitrogen and oxygen atoms in total. The molecular weight excluding hydrogens is 687 g/mol. The minimum Gasteiger partial charge on any atom is -0.478 e. The molecule has 53 heavy (non-hydrogen) atoms. The Labute approximate surface area is 314 Å². The average molecular weight is 734 g/mol. The van der Waals surface area contributed by atoms with Gasteiger partial charge < -0.3 is 30.3 Å². The van der Waals surface area contributed by atoms with Crippen molar-refractivity contribution >= 4 is 23.8 Å². The number of nitrogens with one attached hydrogen (secondary N) is 2. The van der Waals surface area contributed by atoms with Gasteiger partial charge in [-0.1, -0.05) is 79.7 Å². The van der Waals surface area contributed by atoms with E-state index < -0.39 is 12.3 Å². The topological polar surface area (TPSA) is 130 Å². The van der Waals surface area contributed by atoms with Crippen LogP contribution in [0, 0.1) is 23.7 Å². The van der Waals surface area contributed by atoms with Crippen LogP contribution in [0.1, 0.15) is 90.5 Å². The number of amides is 2. The normalized spacial score (nSPS) is 28.8. The van der Waals surface area contributed by atoms with Gasteiger partial charge in [-0.3, -0.25) is 0 Å². The van der Waals surface area contributed by atoms with E-state index in [1.165, 1.54) is 31.0 Å². The number of carbonyl (C=O) groups excluding carboxylic acids is 1. The standard InChI is InChI=1S/C43H47N3O6S/c1-26-37(25-53-39-36(40(48)49)7-4-16-44-39)51-41(52-38(26)32-10-8-27(24-47)9-11-32)33-14-12-31(13-15-33)35-6-3-2-5-34(35)23-45-42(50)46-43-20-28-17-29(21-43)19-30(18-28)22-43/h2-16,26,28-30,37-38,41,47H,17-25H2,1H3,(H,48,49)(H2,45,46,50)/t26-,28?,29?,30?,37+,38+,41+,43?/m1/s1. The van der Waals surface area contributed by atoms with Crippen molar-refractivity contribution in [3.05, 3.63) is 119 Å². The molecule has 0 unspecified atom stereocenters. The summed E-state index contributed by atoms with van der Waals surface area (Å²) >= 11 is 1.37. The molecule has 4 aromatic rings. The highest BCUT2D eigenvalue weighted by Gasteiger charge is 2.51. The van der Waals surface area contributed by atoms with Crippen LogP contribution in [0.5, 0.6) is 0 Å². The van der Waals surface area contributed by atoms with E-state index in [1.807, 2.05) is 48.5 Å². The molecule has 3 aromatic carbocycles.